The van der Waals surface area contributed by atoms with Crippen molar-refractivity contribution in [1.29, 1.82) is 0 Å². The molecule has 0 aliphatic carbocycles. The number of phenols is 1. The molecule has 0 radical (unpaired) electrons. The van der Waals surface area contributed by atoms with Crippen LogP contribution in [0.5, 0.6) is 11.5 Å². The van der Waals surface area contributed by atoms with E-state index in [0.29, 0.717) is 33.2 Å². The molecule has 2 aromatic heterocycles. The topological polar surface area (TPSA) is 101 Å². The van der Waals surface area contributed by atoms with Crippen molar-refractivity contribution in [1.82, 2.24) is 0 Å². The number of ketones is 1. The summed E-state index contributed by atoms with van der Waals surface area (Å²) in [6.45, 7) is 1.43. The Morgan fingerprint density at radius 2 is 2.00 bits per heavy atom. The molecule has 5 rings (SSSR count). The molecule has 7 nitrogen and oxygen atoms in total. The molecule has 0 saturated heterocycles. The fourth-order valence-electron chi connectivity index (χ4n) is 3.44. The molecule has 4 aromatic rings. The number of furan rings is 1. The van der Waals surface area contributed by atoms with Gasteiger partial charge >= 0.3 is 0 Å². The van der Waals surface area contributed by atoms with E-state index in [1.165, 1.54) is 24.3 Å². The minimum absolute atomic E-state index is 0.0240. The molecular weight excluding hydrogens is 404 g/mol. The van der Waals surface area contributed by atoms with Gasteiger partial charge in [0.25, 0.3) is 5.91 Å². The lowest BCUT2D eigenvalue weighted by molar-refractivity contribution is -0.121. The van der Waals surface area contributed by atoms with Crippen LogP contribution in [0.2, 0.25) is 0 Å². The number of aromatic hydroxyl groups is 1. The number of anilines is 2. The van der Waals surface area contributed by atoms with E-state index in [2.05, 4.69) is 10.6 Å². The van der Waals surface area contributed by atoms with E-state index < -0.39 is 12.1 Å². The highest BCUT2D eigenvalue weighted by Crippen LogP contribution is 2.40. The normalized spacial score (nSPS) is 14.8. The van der Waals surface area contributed by atoms with Crippen LogP contribution in [0, 0.1) is 0 Å². The fraction of sp³-hybridized carbons (Fsp3) is 0.0909. The smallest absolute Gasteiger partial charge is 0.287 e. The third-order valence-electron chi connectivity index (χ3n) is 4.83. The Balaban J connectivity index is 1.45. The van der Waals surface area contributed by atoms with Crippen LogP contribution < -0.4 is 15.4 Å². The van der Waals surface area contributed by atoms with Gasteiger partial charge in [-0.2, -0.15) is 0 Å². The number of carbonyl (C=O) groups is 2. The van der Waals surface area contributed by atoms with Crippen molar-refractivity contribution >= 4 is 44.7 Å². The zero-order valence-electron chi connectivity index (χ0n) is 15.8. The van der Waals surface area contributed by atoms with Gasteiger partial charge in [0, 0.05) is 16.3 Å². The molecular formula is C22H16N2O5S. The van der Waals surface area contributed by atoms with E-state index in [1.807, 2.05) is 24.3 Å². The van der Waals surface area contributed by atoms with Gasteiger partial charge in [0.05, 0.1) is 11.3 Å². The van der Waals surface area contributed by atoms with Gasteiger partial charge in [-0.05, 0) is 31.2 Å². The Labute approximate surface area is 174 Å². The van der Waals surface area contributed by atoms with Crippen molar-refractivity contribution < 1.29 is 23.8 Å². The average Bonchev–Trinajstić information content (AvgIpc) is 3.44. The van der Waals surface area contributed by atoms with E-state index in [1.54, 1.807) is 23.6 Å². The lowest BCUT2D eigenvalue weighted by atomic mass is 10.1. The van der Waals surface area contributed by atoms with Crippen molar-refractivity contribution in [2.75, 3.05) is 10.6 Å². The van der Waals surface area contributed by atoms with Crippen LogP contribution in [0.25, 0.3) is 22.3 Å². The van der Waals surface area contributed by atoms with E-state index >= 15 is 0 Å². The number of rotatable bonds is 4. The maximum atomic E-state index is 12.7. The minimum atomic E-state index is -0.893. The molecule has 1 atom stereocenters. The van der Waals surface area contributed by atoms with Gasteiger partial charge in [-0.3, -0.25) is 9.59 Å². The van der Waals surface area contributed by atoms with E-state index in [0.717, 1.165) is 11.1 Å². The summed E-state index contributed by atoms with van der Waals surface area (Å²) in [6.07, 6.45) is -0.893. The Kier molecular flexibility index (Phi) is 4.22. The molecule has 1 amide bonds. The number of hydrogen-bond acceptors (Lipinski definition) is 7. The first-order valence-corrected chi connectivity index (χ1v) is 10.1. The standard InChI is InChI=1S/C22H16N2O5S/c1-11(25)18-13(17-9-12-5-4-7-15(26)19(12)28-17)10-30-22(18)24-20(27)21-23-14-6-2-3-8-16(14)29-21/h2-10,21,23,26H,1H3,(H,24,27). The molecule has 0 fully saturated rings. The highest BCUT2D eigenvalue weighted by Gasteiger charge is 2.30. The predicted octanol–water partition coefficient (Wildman–Crippen LogP) is 4.84. The van der Waals surface area contributed by atoms with Crippen LogP contribution in [0.1, 0.15) is 17.3 Å². The number of nitrogens with one attached hydrogen (secondary N) is 2. The van der Waals surface area contributed by atoms with Crippen molar-refractivity contribution in [2.45, 2.75) is 13.2 Å². The number of fused-ring (bicyclic) bond motifs is 2. The Morgan fingerprint density at radius 1 is 1.17 bits per heavy atom. The molecule has 3 heterocycles. The summed E-state index contributed by atoms with van der Waals surface area (Å²) in [5.74, 6) is 0.435. The predicted molar refractivity (Wildman–Crippen MR) is 114 cm³/mol. The summed E-state index contributed by atoms with van der Waals surface area (Å²) in [5.41, 5.74) is 1.99. The average molecular weight is 420 g/mol. The first-order valence-electron chi connectivity index (χ1n) is 9.18. The molecule has 1 aliphatic rings. The number of thiophene rings is 1. The third kappa shape index (κ3) is 2.98. The quantitative estimate of drug-likeness (QED) is 0.409. The van der Waals surface area contributed by atoms with Crippen molar-refractivity contribution in [3.05, 3.63) is 59.5 Å². The molecule has 0 saturated carbocycles. The first-order chi connectivity index (χ1) is 14.5. The molecule has 8 heteroatoms. The second-order valence-electron chi connectivity index (χ2n) is 6.84. The van der Waals surface area contributed by atoms with Gasteiger partial charge in [-0.25, -0.2) is 0 Å². The molecule has 0 bridgehead atoms. The zero-order chi connectivity index (χ0) is 20.8. The summed E-state index contributed by atoms with van der Waals surface area (Å²) < 4.78 is 11.4. The summed E-state index contributed by atoms with van der Waals surface area (Å²) in [4.78, 5) is 25.1. The van der Waals surface area contributed by atoms with Crippen LogP contribution in [0.15, 0.2) is 58.3 Å². The number of ether oxygens (including phenoxy) is 1. The number of carbonyl (C=O) groups excluding carboxylic acids is 2. The van der Waals surface area contributed by atoms with Crippen LogP contribution in [0.4, 0.5) is 10.7 Å². The molecule has 1 aliphatic heterocycles. The van der Waals surface area contributed by atoms with Crippen molar-refractivity contribution in [3.8, 4) is 22.8 Å². The molecule has 0 spiro atoms. The monoisotopic (exact) mass is 420 g/mol. The van der Waals surface area contributed by atoms with E-state index in [9.17, 15) is 14.7 Å². The van der Waals surface area contributed by atoms with E-state index in [4.69, 9.17) is 9.15 Å². The Hall–Kier alpha value is -3.78. The SMILES string of the molecule is CC(=O)c1c(-c2cc3cccc(O)c3o2)csc1NC(=O)C1Nc2ccccc2O1. The van der Waals surface area contributed by atoms with Gasteiger partial charge < -0.3 is 24.9 Å². The van der Waals surface area contributed by atoms with Gasteiger partial charge in [-0.15, -0.1) is 11.3 Å². The van der Waals surface area contributed by atoms with Crippen LogP contribution in [-0.4, -0.2) is 23.0 Å². The molecule has 150 valence electrons. The maximum absolute atomic E-state index is 12.7. The Morgan fingerprint density at radius 3 is 2.77 bits per heavy atom. The van der Waals surface area contributed by atoms with Gasteiger partial charge in [0.1, 0.15) is 16.5 Å². The number of hydrogen-bond donors (Lipinski definition) is 3. The molecule has 30 heavy (non-hydrogen) atoms. The highest BCUT2D eigenvalue weighted by molar-refractivity contribution is 7.15. The van der Waals surface area contributed by atoms with Crippen molar-refractivity contribution in [3.63, 3.8) is 0 Å². The second kappa shape index (κ2) is 6.93. The zero-order valence-corrected chi connectivity index (χ0v) is 16.6. The Bertz CT molecular complexity index is 1280. The number of amides is 1. The van der Waals surface area contributed by atoms with Gasteiger partial charge in [0.2, 0.25) is 6.23 Å². The molecule has 1 unspecified atom stereocenters. The number of phenolic OH excluding ortho intramolecular Hbond substituents is 1. The van der Waals surface area contributed by atoms with Gasteiger partial charge in [0.15, 0.2) is 17.1 Å². The summed E-state index contributed by atoms with van der Waals surface area (Å²) in [6, 6.07) is 14.1. The van der Waals surface area contributed by atoms with Crippen molar-refractivity contribution in [2.24, 2.45) is 0 Å². The van der Waals surface area contributed by atoms with E-state index in [-0.39, 0.29) is 11.5 Å². The number of Topliss-reactive ketones (excluding diaryl/α,β-unsaturated/α-hetero) is 1. The number of benzene rings is 2. The third-order valence-corrected chi connectivity index (χ3v) is 5.72. The minimum Gasteiger partial charge on any atom is -0.504 e. The fourth-order valence-corrected chi connectivity index (χ4v) is 4.44. The second-order valence-corrected chi connectivity index (χ2v) is 7.72. The highest BCUT2D eigenvalue weighted by atomic mass is 32.1. The van der Waals surface area contributed by atoms with Crippen LogP contribution in [0.3, 0.4) is 0 Å². The first kappa shape index (κ1) is 18.3. The largest absolute Gasteiger partial charge is 0.504 e. The van der Waals surface area contributed by atoms with Gasteiger partial charge in [-0.1, -0.05) is 24.3 Å². The molecule has 3 N–H and O–H groups in total. The lowest BCUT2D eigenvalue weighted by Crippen LogP contribution is -2.35. The summed E-state index contributed by atoms with van der Waals surface area (Å²) >= 11 is 1.23. The summed E-state index contributed by atoms with van der Waals surface area (Å²) in [5, 5.41) is 18.7. The maximum Gasteiger partial charge on any atom is 0.287 e. The lowest BCUT2D eigenvalue weighted by Gasteiger charge is -2.11. The van der Waals surface area contributed by atoms with Crippen LogP contribution >= 0.6 is 11.3 Å². The molecule has 2 aromatic carbocycles. The number of para-hydroxylation sites is 3. The van der Waals surface area contributed by atoms with Crippen LogP contribution in [-0.2, 0) is 4.79 Å². The summed E-state index contributed by atoms with van der Waals surface area (Å²) in [7, 11) is 0.